The Kier molecular flexibility index (Phi) is 6.69. The monoisotopic (exact) mass is 491 g/mol. The van der Waals surface area contributed by atoms with Crippen LogP contribution < -0.4 is 10.9 Å². The van der Waals surface area contributed by atoms with Gasteiger partial charge in [0.15, 0.2) is 0 Å². The Morgan fingerprint density at radius 1 is 1.20 bits per heavy atom. The van der Waals surface area contributed by atoms with Gasteiger partial charge >= 0.3 is 12.1 Å². The minimum Gasteiger partial charge on any atom is -0.377 e. The second-order valence-corrected chi connectivity index (χ2v) is 7.85. The molecule has 2 amide bonds. The predicted molar refractivity (Wildman–Crippen MR) is 115 cm³/mol. The average Bonchev–Trinajstić information content (AvgIpc) is 3.33. The summed E-state index contributed by atoms with van der Waals surface area (Å²) in [6.07, 6.45) is -4.75. The normalized spacial score (nSPS) is 16.2. The van der Waals surface area contributed by atoms with E-state index in [1.807, 2.05) is 0 Å². The van der Waals surface area contributed by atoms with E-state index >= 15 is 0 Å². The molecule has 184 valence electrons. The van der Waals surface area contributed by atoms with E-state index in [1.165, 1.54) is 30.3 Å². The number of pyridine rings is 1. The van der Waals surface area contributed by atoms with Crippen molar-refractivity contribution in [1.29, 1.82) is 0 Å². The summed E-state index contributed by atoms with van der Waals surface area (Å²) in [6.45, 7) is 2.59. The summed E-state index contributed by atoms with van der Waals surface area (Å²) < 4.78 is 47.6. The molecule has 1 atom stereocenters. The third kappa shape index (κ3) is 5.57. The van der Waals surface area contributed by atoms with Crippen LogP contribution in [0.25, 0.3) is 11.4 Å². The molecule has 0 saturated carbocycles. The third-order valence-electron chi connectivity index (χ3n) is 5.29. The molecule has 0 spiro atoms. The number of aromatic amines is 1. The van der Waals surface area contributed by atoms with Crippen LogP contribution in [-0.4, -0.2) is 64.2 Å². The number of aromatic nitrogens is 3. The Morgan fingerprint density at radius 2 is 1.94 bits per heavy atom. The van der Waals surface area contributed by atoms with Crippen LogP contribution in [0.4, 0.5) is 13.2 Å². The van der Waals surface area contributed by atoms with Gasteiger partial charge in [0.05, 0.1) is 19.3 Å². The highest BCUT2D eigenvalue weighted by molar-refractivity contribution is 5.95. The van der Waals surface area contributed by atoms with Crippen LogP contribution in [0.2, 0.25) is 0 Å². The van der Waals surface area contributed by atoms with Crippen molar-refractivity contribution in [3.05, 3.63) is 69.5 Å². The number of aryl methyl sites for hydroxylation is 1. The molecule has 1 aliphatic heterocycles. The Labute approximate surface area is 196 Å². The molecular weight excluding hydrogens is 471 g/mol. The van der Waals surface area contributed by atoms with Crippen LogP contribution in [0.3, 0.4) is 0 Å². The van der Waals surface area contributed by atoms with Gasteiger partial charge in [-0.1, -0.05) is 17.3 Å². The smallest absolute Gasteiger partial charge is 0.377 e. The molecule has 1 saturated heterocycles. The van der Waals surface area contributed by atoms with Crippen LogP contribution in [0, 0.1) is 6.92 Å². The van der Waals surface area contributed by atoms with Gasteiger partial charge in [-0.15, -0.1) is 0 Å². The molecule has 2 N–H and O–H groups in total. The number of nitrogens with one attached hydrogen (secondary N) is 2. The fourth-order valence-electron chi connectivity index (χ4n) is 3.60. The number of alkyl halides is 3. The topological polar surface area (TPSA) is 130 Å². The van der Waals surface area contributed by atoms with Crippen molar-refractivity contribution < 1.29 is 32.0 Å². The summed E-state index contributed by atoms with van der Waals surface area (Å²) in [5.41, 5.74) is 0.901. The molecule has 13 heteroatoms. The number of amides is 2. The van der Waals surface area contributed by atoms with Crippen LogP contribution in [0.15, 0.2) is 45.7 Å². The van der Waals surface area contributed by atoms with Crippen LogP contribution in [-0.2, 0) is 10.9 Å². The SMILES string of the molecule is Cc1cc(C(=O)N2CCOCC2CNC(=O)c2ccc(-c3noc(C(F)(F)F)n3)cc2)cc(=O)[nH]1. The van der Waals surface area contributed by atoms with E-state index in [2.05, 4.69) is 25.0 Å². The van der Waals surface area contributed by atoms with Crippen LogP contribution >= 0.6 is 0 Å². The highest BCUT2D eigenvalue weighted by Gasteiger charge is 2.38. The molecule has 35 heavy (non-hydrogen) atoms. The highest BCUT2D eigenvalue weighted by Crippen LogP contribution is 2.29. The van der Waals surface area contributed by atoms with Crippen LogP contribution in [0.1, 0.15) is 32.3 Å². The van der Waals surface area contributed by atoms with Crippen molar-refractivity contribution in [3.8, 4) is 11.4 Å². The predicted octanol–water partition coefficient (Wildman–Crippen LogP) is 2.02. The molecule has 3 heterocycles. The van der Waals surface area contributed by atoms with Gasteiger partial charge in [0.1, 0.15) is 0 Å². The van der Waals surface area contributed by atoms with Gasteiger partial charge in [-0.2, -0.15) is 18.2 Å². The lowest BCUT2D eigenvalue weighted by Gasteiger charge is -2.35. The van der Waals surface area contributed by atoms with E-state index in [-0.39, 0.29) is 47.1 Å². The number of hydrogen-bond donors (Lipinski definition) is 2. The first-order chi connectivity index (χ1) is 16.6. The number of carbonyl (C=O) groups excluding carboxylic acids is 2. The highest BCUT2D eigenvalue weighted by atomic mass is 19.4. The van der Waals surface area contributed by atoms with E-state index in [0.717, 1.165) is 0 Å². The number of ether oxygens (including phenoxy) is 1. The van der Waals surface area contributed by atoms with Crippen molar-refractivity contribution in [3.63, 3.8) is 0 Å². The molecule has 3 aromatic rings. The number of benzene rings is 1. The van der Waals surface area contributed by atoms with Gasteiger partial charge < -0.3 is 24.5 Å². The van der Waals surface area contributed by atoms with E-state index in [0.29, 0.717) is 18.8 Å². The largest absolute Gasteiger partial charge is 0.471 e. The number of halogens is 3. The second-order valence-electron chi connectivity index (χ2n) is 7.85. The molecule has 1 aliphatic rings. The summed E-state index contributed by atoms with van der Waals surface area (Å²) in [6, 6.07) is 7.96. The van der Waals surface area contributed by atoms with Gasteiger partial charge in [0.25, 0.3) is 11.8 Å². The average molecular weight is 491 g/mol. The van der Waals surface area contributed by atoms with Crippen molar-refractivity contribution in [2.24, 2.45) is 0 Å². The maximum Gasteiger partial charge on any atom is 0.471 e. The number of H-pyrrole nitrogens is 1. The molecule has 2 aromatic heterocycles. The van der Waals surface area contributed by atoms with Gasteiger partial charge in [-0.3, -0.25) is 14.4 Å². The minimum absolute atomic E-state index is 0.0915. The van der Waals surface area contributed by atoms with Crippen molar-refractivity contribution in [1.82, 2.24) is 25.3 Å². The Morgan fingerprint density at radius 3 is 2.60 bits per heavy atom. The zero-order valence-electron chi connectivity index (χ0n) is 18.4. The Balaban J connectivity index is 1.40. The summed E-state index contributed by atoms with van der Waals surface area (Å²) in [5, 5.41) is 6.04. The first-order valence-electron chi connectivity index (χ1n) is 10.5. The van der Waals surface area contributed by atoms with Gasteiger partial charge in [-0.25, -0.2) is 0 Å². The van der Waals surface area contributed by atoms with E-state index < -0.39 is 24.0 Å². The summed E-state index contributed by atoms with van der Waals surface area (Å²) >= 11 is 0. The molecular formula is C22H20F3N5O5. The van der Waals surface area contributed by atoms with Gasteiger partial charge in [0.2, 0.25) is 11.4 Å². The maximum absolute atomic E-state index is 13.0. The number of carbonyl (C=O) groups is 2. The summed E-state index contributed by atoms with van der Waals surface area (Å²) in [7, 11) is 0. The summed E-state index contributed by atoms with van der Waals surface area (Å²) in [5.74, 6) is -2.51. The lowest BCUT2D eigenvalue weighted by Crippen LogP contribution is -2.53. The van der Waals surface area contributed by atoms with Crippen molar-refractivity contribution in [2.75, 3.05) is 26.3 Å². The molecule has 0 radical (unpaired) electrons. The molecule has 1 fully saturated rings. The van der Waals surface area contributed by atoms with Crippen LogP contribution in [0.5, 0.6) is 0 Å². The fourth-order valence-corrected chi connectivity index (χ4v) is 3.60. The first-order valence-corrected chi connectivity index (χ1v) is 10.5. The second kappa shape index (κ2) is 9.70. The molecule has 10 nitrogen and oxygen atoms in total. The number of hydrogen-bond acceptors (Lipinski definition) is 7. The minimum atomic E-state index is -4.75. The van der Waals surface area contributed by atoms with E-state index in [9.17, 15) is 27.6 Å². The molecule has 0 aliphatic carbocycles. The Bertz CT molecular complexity index is 1290. The maximum atomic E-state index is 13.0. The number of rotatable bonds is 5. The van der Waals surface area contributed by atoms with E-state index in [1.54, 1.807) is 17.9 Å². The van der Waals surface area contributed by atoms with Crippen molar-refractivity contribution in [2.45, 2.75) is 19.1 Å². The lowest BCUT2D eigenvalue weighted by atomic mass is 10.1. The summed E-state index contributed by atoms with van der Waals surface area (Å²) in [4.78, 5) is 44.8. The molecule has 4 rings (SSSR count). The number of nitrogens with zero attached hydrogens (tertiary/aromatic N) is 3. The fraction of sp³-hybridized carbons (Fsp3) is 0.318. The first kappa shape index (κ1) is 24.1. The number of morpholine rings is 1. The zero-order valence-corrected chi connectivity index (χ0v) is 18.4. The molecule has 1 unspecified atom stereocenters. The Hall–Kier alpha value is -4.00. The van der Waals surface area contributed by atoms with Gasteiger partial charge in [0, 0.05) is 41.5 Å². The lowest BCUT2D eigenvalue weighted by molar-refractivity contribution is -0.159. The third-order valence-corrected chi connectivity index (χ3v) is 5.29. The molecule has 1 aromatic carbocycles. The molecule has 0 bridgehead atoms. The standard InChI is InChI=1S/C22H20F3N5O5/c1-12-8-15(9-17(31)27-12)20(33)30-6-7-34-11-16(30)10-26-19(32)14-4-2-13(3-5-14)18-28-21(35-29-18)22(23,24)25/h2-5,8-9,16H,6-7,10-11H2,1H3,(H,26,32)(H,27,31). The van der Waals surface area contributed by atoms with Gasteiger partial charge in [-0.05, 0) is 25.1 Å². The zero-order chi connectivity index (χ0) is 25.2. The quantitative estimate of drug-likeness (QED) is 0.559. The van der Waals surface area contributed by atoms with Crippen molar-refractivity contribution >= 4 is 11.8 Å². The van der Waals surface area contributed by atoms with E-state index in [4.69, 9.17) is 4.74 Å².